The monoisotopic (exact) mass is 416 g/mol. The third-order valence-electron chi connectivity index (χ3n) is 6.98. The van der Waals surface area contributed by atoms with Gasteiger partial charge in [-0.2, -0.15) is 5.10 Å². The van der Waals surface area contributed by atoms with Crippen LogP contribution >= 0.6 is 0 Å². The van der Waals surface area contributed by atoms with Crippen molar-refractivity contribution in [2.24, 2.45) is 5.92 Å². The number of ether oxygens (including phenoxy) is 1. The van der Waals surface area contributed by atoms with E-state index in [0.717, 1.165) is 64.8 Å². The Kier molecular flexibility index (Phi) is 4.56. The van der Waals surface area contributed by atoms with Gasteiger partial charge in [0, 0.05) is 29.7 Å². The average Bonchev–Trinajstić information content (AvgIpc) is 3.57. The van der Waals surface area contributed by atoms with Gasteiger partial charge in [0.2, 0.25) is 0 Å². The molecule has 31 heavy (non-hydrogen) atoms. The van der Waals surface area contributed by atoms with Gasteiger partial charge in [-0.05, 0) is 75.0 Å². The number of benzene rings is 2. The number of H-pyrrole nitrogens is 2. The van der Waals surface area contributed by atoms with Crippen LogP contribution in [0.15, 0.2) is 36.4 Å². The number of nitrogens with zero attached hydrogens (tertiary/aromatic N) is 3. The summed E-state index contributed by atoms with van der Waals surface area (Å²) in [7, 11) is 1.67. The Morgan fingerprint density at radius 1 is 1.06 bits per heavy atom. The molecule has 0 amide bonds. The van der Waals surface area contributed by atoms with E-state index in [0.29, 0.717) is 6.04 Å². The third-order valence-corrected chi connectivity index (χ3v) is 6.98. The fourth-order valence-electron chi connectivity index (χ4n) is 5.37. The van der Waals surface area contributed by atoms with Crippen molar-refractivity contribution in [1.29, 1.82) is 0 Å². The number of methoxy groups -OCH3 is 1. The predicted octanol–water partition coefficient (Wildman–Crippen LogP) is 4.08. The second-order valence-electron chi connectivity index (χ2n) is 8.78. The lowest BCUT2D eigenvalue weighted by Crippen LogP contribution is -2.45. The summed E-state index contributed by atoms with van der Waals surface area (Å²) in [6.07, 6.45) is 5.19. The van der Waals surface area contributed by atoms with Gasteiger partial charge in [-0.1, -0.05) is 0 Å². The summed E-state index contributed by atoms with van der Waals surface area (Å²) in [6.45, 7) is 3.44. The van der Waals surface area contributed by atoms with Crippen LogP contribution in [0.3, 0.4) is 0 Å². The molecule has 2 saturated heterocycles. The highest BCUT2D eigenvalue weighted by Gasteiger charge is 2.32. The summed E-state index contributed by atoms with van der Waals surface area (Å²) < 4.78 is 5.32. The van der Waals surface area contributed by atoms with Crippen LogP contribution in [0.4, 0.5) is 5.69 Å². The van der Waals surface area contributed by atoms with E-state index in [4.69, 9.17) is 9.72 Å². The first-order chi connectivity index (χ1) is 15.3. The molecule has 7 heteroatoms. The smallest absolute Gasteiger partial charge is 0.159 e. The number of rotatable bonds is 4. The normalized spacial score (nSPS) is 21.9. The number of piperidine rings is 1. The lowest BCUT2D eigenvalue weighted by molar-refractivity contribution is 0.355. The Balaban J connectivity index is 1.35. The van der Waals surface area contributed by atoms with Crippen LogP contribution in [-0.4, -0.2) is 53.0 Å². The van der Waals surface area contributed by atoms with E-state index < -0.39 is 0 Å². The first kappa shape index (κ1) is 18.7. The zero-order chi connectivity index (χ0) is 20.8. The number of aromatic amines is 2. The number of aromatic nitrogens is 4. The van der Waals surface area contributed by atoms with Crippen molar-refractivity contribution in [3.8, 4) is 17.3 Å². The zero-order valence-corrected chi connectivity index (χ0v) is 17.8. The summed E-state index contributed by atoms with van der Waals surface area (Å²) in [5.41, 5.74) is 5.11. The van der Waals surface area contributed by atoms with E-state index in [1.807, 2.05) is 18.2 Å². The van der Waals surface area contributed by atoms with Crippen molar-refractivity contribution in [2.45, 2.75) is 31.7 Å². The van der Waals surface area contributed by atoms with Crippen molar-refractivity contribution in [3.63, 3.8) is 0 Å². The molecule has 2 fully saturated rings. The van der Waals surface area contributed by atoms with Crippen molar-refractivity contribution in [3.05, 3.63) is 36.4 Å². The Hall–Kier alpha value is -3.06. The maximum absolute atomic E-state index is 5.32. The van der Waals surface area contributed by atoms with Gasteiger partial charge >= 0.3 is 0 Å². The summed E-state index contributed by atoms with van der Waals surface area (Å²) >= 11 is 0. The largest absolute Gasteiger partial charge is 0.497 e. The first-order valence-electron chi connectivity index (χ1n) is 11.3. The molecule has 2 unspecified atom stereocenters. The molecule has 4 heterocycles. The van der Waals surface area contributed by atoms with Crippen molar-refractivity contribution in [2.75, 3.05) is 31.6 Å². The molecular formula is C24H28N6O. The first-order valence-corrected chi connectivity index (χ1v) is 11.3. The van der Waals surface area contributed by atoms with E-state index in [1.165, 1.54) is 31.4 Å². The molecular weight excluding hydrogens is 388 g/mol. The molecule has 2 aliphatic heterocycles. The maximum Gasteiger partial charge on any atom is 0.159 e. The van der Waals surface area contributed by atoms with Gasteiger partial charge in [-0.3, -0.25) is 5.10 Å². The molecule has 160 valence electrons. The summed E-state index contributed by atoms with van der Waals surface area (Å²) in [5, 5.41) is 12.2. The van der Waals surface area contributed by atoms with E-state index in [1.54, 1.807) is 7.11 Å². The van der Waals surface area contributed by atoms with Crippen LogP contribution < -0.4 is 15.0 Å². The molecule has 2 aliphatic rings. The molecule has 0 bridgehead atoms. The topological polar surface area (TPSA) is 81.9 Å². The minimum absolute atomic E-state index is 0.633. The van der Waals surface area contributed by atoms with E-state index >= 15 is 0 Å². The SMILES string of the molecule is COc1ccc2c(-c3nc4ccc(N5CCCCC5C5CCNC5)cc4[nH]3)n[nH]c2c1. The molecule has 2 aromatic heterocycles. The number of anilines is 1. The van der Waals surface area contributed by atoms with Gasteiger partial charge < -0.3 is 19.9 Å². The molecule has 2 aromatic carbocycles. The minimum atomic E-state index is 0.633. The zero-order valence-electron chi connectivity index (χ0n) is 17.8. The fourth-order valence-corrected chi connectivity index (χ4v) is 5.37. The Morgan fingerprint density at radius 2 is 2.03 bits per heavy atom. The minimum Gasteiger partial charge on any atom is -0.497 e. The maximum atomic E-state index is 5.32. The van der Waals surface area contributed by atoms with Crippen LogP contribution in [0, 0.1) is 5.92 Å². The molecule has 0 radical (unpaired) electrons. The Labute approximate surface area is 181 Å². The summed E-state index contributed by atoms with van der Waals surface area (Å²) in [5.74, 6) is 2.35. The summed E-state index contributed by atoms with van der Waals surface area (Å²) in [4.78, 5) is 11.0. The second-order valence-corrected chi connectivity index (χ2v) is 8.78. The van der Waals surface area contributed by atoms with Gasteiger partial charge in [0.05, 0.1) is 23.7 Å². The van der Waals surface area contributed by atoms with Crippen LogP contribution in [0.1, 0.15) is 25.7 Å². The molecule has 2 atom stereocenters. The molecule has 6 rings (SSSR count). The van der Waals surface area contributed by atoms with Crippen LogP contribution in [-0.2, 0) is 0 Å². The van der Waals surface area contributed by atoms with Crippen molar-refractivity contribution < 1.29 is 4.74 Å². The third kappa shape index (κ3) is 3.24. The number of fused-ring (bicyclic) bond motifs is 2. The fraction of sp³-hybridized carbons (Fsp3) is 0.417. The van der Waals surface area contributed by atoms with Crippen molar-refractivity contribution in [1.82, 2.24) is 25.5 Å². The quantitative estimate of drug-likeness (QED) is 0.467. The van der Waals surface area contributed by atoms with Gasteiger partial charge in [-0.15, -0.1) is 0 Å². The van der Waals surface area contributed by atoms with Gasteiger partial charge in [0.15, 0.2) is 5.82 Å². The van der Waals surface area contributed by atoms with Crippen LogP contribution in [0.2, 0.25) is 0 Å². The van der Waals surface area contributed by atoms with Gasteiger partial charge in [0.1, 0.15) is 11.4 Å². The van der Waals surface area contributed by atoms with Crippen molar-refractivity contribution >= 4 is 27.6 Å². The standard InChI is InChI=1S/C24H28N6O/c1-31-17-6-7-18-20(13-17)28-29-23(18)24-26-19-8-5-16(12-21(19)27-24)30-11-3-2-4-22(30)15-9-10-25-14-15/h5-8,12-13,15,22,25H,2-4,9-11,14H2,1H3,(H,26,27)(H,28,29). The number of imidazole rings is 1. The van der Waals surface area contributed by atoms with Gasteiger partial charge in [0.25, 0.3) is 0 Å². The summed E-state index contributed by atoms with van der Waals surface area (Å²) in [6, 6.07) is 13.2. The highest BCUT2D eigenvalue weighted by molar-refractivity contribution is 5.94. The lowest BCUT2D eigenvalue weighted by atomic mass is 9.89. The van der Waals surface area contributed by atoms with E-state index in [-0.39, 0.29) is 0 Å². The highest BCUT2D eigenvalue weighted by atomic mass is 16.5. The molecule has 7 nitrogen and oxygen atoms in total. The molecule has 4 aromatic rings. The average molecular weight is 417 g/mol. The number of nitrogens with one attached hydrogen (secondary N) is 3. The lowest BCUT2D eigenvalue weighted by Gasteiger charge is -2.40. The highest BCUT2D eigenvalue weighted by Crippen LogP contribution is 2.34. The van der Waals surface area contributed by atoms with Crippen LogP contribution in [0.25, 0.3) is 33.5 Å². The number of hydrogen-bond donors (Lipinski definition) is 3. The molecule has 0 spiro atoms. The van der Waals surface area contributed by atoms with E-state index in [9.17, 15) is 0 Å². The molecule has 0 aliphatic carbocycles. The number of hydrogen-bond acceptors (Lipinski definition) is 5. The predicted molar refractivity (Wildman–Crippen MR) is 124 cm³/mol. The van der Waals surface area contributed by atoms with E-state index in [2.05, 4.69) is 43.6 Å². The van der Waals surface area contributed by atoms with Crippen LogP contribution in [0.5, 0.6) is 5.75 Å². The Morgan fingerprint density at radius 3 is 2.90 bits per heavy atom. The second kappa shape index (κ2) is 7.57. The Bertz CT molecular complexity index is 1220. The van der Waals surface area contributed by atoms with Gasteiger partial charge in [-0.25, -0.2) is 4.98 Å². The molecule has 3 N–H and O–H groups in total. The molecule has 0 saturated carbocycles.